The molecule has 2 heterocycles. The first-order valence-corrected chi connectivity index (χ1v) is 12.8. The highest BCUT2D eigenvalue weighted by Crippen LogP contribution is 2.26. The second-order valence-electron chi connectivity index (χ2n) is 8.51. The van der Waals surface area contributed by atoms with Crippen molar-refractivity contribution in [3.63, 3.8) is 0 Å². The van der Waals surface area contributed by atoms with Crippen LogP contribution < -0.4 is 4.74 Å². The van der Waals surface area contributed by atoms with Crippen LogP contribution in [0.3, 0.4) is 0 Å². The third kappa shape index (κ3) is 5.55. The summed E-state index contributed by atoms with van der Waals surface area (Å²) in [6.45, 7) is 3.76. The molecule has 34 heavy (non-hydrogen) atoms. The average molecular weight is 482 g/mol. The summed E-state index contributed by atoms with van der Waals surface area (Å²) in [5.74, 6) is 0.890. The summed E-state index contributed by atoms with van der Waals surface area (Å²) in [6, 6.07) is 14.7. The van der Waals surface area contributed by atoms with Gasteiger partial charge in [-0.1, -0.05) is 24.3 Å². The molecule has 4 rings (SSSR count). The fourth-order valence-electron chi connectivity index (χ4n) is 4.45. The number of likely N-dealkylation sites (tertiary alicyclic amines) is 1. The van der Waals surface area contributed by atoms with Gasteiger partial charge in [-0.15, -0.1) is 11.8 Å². The smallest absolute Gasteiger partial charge is 0.257 e. The van der Waals surface area contributed by atoms with Crippen molar-refractivity contribution in [2.45, 2.75) is 24.2 Å². The number of benzene rings is 2. The van der Waals surface area contributed by atoms with E-state index in [9.17, 15) is 14.4 Å². The van der Waals surface area contributed by atoms with Crippen LogP contribution >= 0.6 is 11.8 Å². The van der Waals surface area contributed by atoms with Crippen LogP contribution in [0.15, 0.2) is 53.4 Å². The maximum Gasteiger partial charge on any atom is 0.257 e. The van der Waals surface area contributed by atoms with Gasteiger partial charge < -0.3 is 19.4 Å². The van der Waals surface area contributed by atoms with Crippen molar-refractivity contribution in [1.82, 2.24) is 14.7 Å². The molecule has 0 spiro atoms. The quantitative estimate of drug-likeness (QED) is 0.592. The van der Waals surface area contributed by atoms with Crippen LogP contribution in [-0.2, 0) is 4.79 Å². The first kappa shape index (κ1) is 24.1. The second-order valence-corrected chi connectivity index (χ2v) is 9.53. The Bertz CT molecular complexity index is 1040. The van der Waals surface area contributed by atoms with Gasteiger partial charge in [-0.3, -0.25) is 14.4 Å². The molecule has 2 aromatic rings. The minimum Gasteiger partial charge on any atom is -0.496 e. The number of hydrogen-bond acceptors (Lipinski definition) is 5. The Hall–Kier alpha value is -3.00. The van der Waals surface area contributed by atoms with Gasteiger partial charge in [0, 0.05) is 44.2 Å². The zero-order valence-corrected chi connectivity index (χ0v) is 20.4. The van der Waals surface area contributed by atoms with Crippen molar-refractivity contribution in [2.75, 3.05) is 52.1 Å². The molecule has 0 saturated carbocycles. The molecule has 0 aromatic heterocycles. The van der Waals surface area contributed by atoms with Gasteiger partial charge >= 0.3 is 0 Å². The number of nitrogens with zero attached hydrogens (tertiary/aromatic N) is 3. The molecule has 0 bridgehead atoms. The van der Waals surface area contributed by atoms with Crippen LogP contribution in [-0.4, -0.2) is 84.6 Å². The summed E-state index contributed by atoms with van der Waals surface area (Å²) in [5, 5.41) is 0. The molecular weight excluding hydrogens is 450 g/mol. The summed E-state index contributed by atoms with van der Waals surface area (Å²) in [4.78, 5) is 45.3. The van der Waals surface area contributed by atoms with E-state index in [0.29, 0.717) is 55.2 Å². The Balaban J connectivity index is 1.40. The summed E-state index contributed by atoms with van der Waals surface area (Å²) in [7, 11) is 1.56. The molecule has 7 nitrogen and oxygen atoms in total. The lowest BCUT2D eigenvalue weighted by Gasteiger charge is -2.23. The molecular formula is C26H31N3O4S. The van der Waals surface area contributed by atoms with Crippen molar-refractivity contribution >= 4 is 29.5 Å². The molecule has 2 aliphatic rings. The first-order chi connectivity index (χ1) is 16.6. The summed E-state index contributed by atoms with van der Waals surface area (Å²) in [6.07, 6.45) is 2.84. The van der Waals surface area contributed by atoms with E-state index < -0.39 is 0 Å². The Morgan fingerprint density at radius 2 is 1.29 bits per heavy atom. The minimum absolute atomic E-state index is 0.0525. The number of ether oxygens (including phenoxy) is 1. The Kier molecular flexibility index (Phi) is 8.11. The summed E-state index contributed by atoms with van der Waals surface area (Å²) >= 11 is 1.43. The van der Waals surface area contributed by atoms with Crippen molar-refractivity contribution in [2.24, 2.45) is 0 Å². The number of amides is 3. The molecule has 2 aromatic carbocycles. The Morgan fingerprint density at radius 3 is 1.97 bits per heavy atom. The lowest BCUT2D eigenvalue weighted by Crippen LogP contribution is -2.37. The molecule has 0 radical (unpaired) electrons. The highest BCUT2D eigenvalue weighted by molar-refractivity contribution is 8.00. The van der Waals surface area contributed by atoms with Crippen molar-refractivity contribution in [3.05, 3.63) is 59.7 Å². The fourth-order valence-corrected chi connectivity index (χ4v) is 5.40. The molecule has 0 aliphatic carbocycles. The molecule has 180 valence electrons. The first-order valence-electron chi connectivity index (χ1n) is 11.8. The molecule has 3 amide bonds. The van der Waals surface area contributed by atoms with Gasteiger partial charge in [-0.25, -0.2) is 0 Å². The largest absolute Gasteiger partial charge is 0.496 e. The lowest BCUT2D eigenvalue weighted by atomic mass is 10.1. The van der Waals surface area contributed by atoms with Gasteiger partial charge in [0.2, 0.25) is 5.91 Å². The Labute approximate surface area is 205 Å². The minimum atomic E-state index is -0.0804. The molecule has 0 N–H and O–H groups in total. The van der Waals surface area contributed by atoms with Crippen LogP contribution in [0.4, 0.5) is 0 Å². The third-order valence-corrected chi connectivity index (χ3v) is 7.39. The molecule has 0 unspecified atom stereocenters. The van der Waals surface area contributed by atoms with Crippen molar-refractivity contribution in [1.29, 1.82) is 0 Å². The van der Waals surface area contributed by atoms with E-state index in [4.69, 9.17) is 4.74 Å². The second kappa shape index (κ2) is 11.4. The number of thioether (sulfide) groups is 1. The van der Waals surface area contributed by atoms with Crippen molar-refractivity contribution in [3.8, 4) is 5.75 Å². The van der Waals surface area contributed by atoms with Gasteiger partial charge in [0.25, 0.3) is 11.8 Å². The van der Waals surface area contributed by atoms with Gasteiger partial charge in [0.15, 0.2) is 0 Å². The summed E-state index contributed by atoms with van der Waals surface area (Å²) < 4.78 is 5.35. The van der Waals surface area contributed by atoms with Crippen LogP contribution in [0.5, 0.6) is 5.75 Å². The van der Waals surface area contributed by atoms with Crippen molar-refractivity contribution < 1.29 is 19.1 Å². The topological polar surface area (TPSA) is 70.2 Å². The zero-order chi connectivity index (χ0) is 23.9. The van der Waals surface area contributed by atoms with Crippen LogP contribution in [0.1, 0.15) is 40.0 Å². The SMILES string of the molecule is COc1ccccc1C(=O)N1CCCN(C(=O)c2ccccc2SCC(=O)N2CCCC2)CC1. The number of hydrogen-bond donors (Lipinski definition) is 0. The number of methoxy groups -OCH3 is 1. The summed E-state index contributed by atoms with van der Waals surface area (Å²) in [5.41, 5.74) is 1.15. The number of para-hydroxylation sites is 1. The van der Waals surface area contributed by atoms with Gasteiger partial charge in [-0.2, -0.15) is 0 Å². The molecule has 2 fully saturated rings. The van der Waals surface area contributed by atoms with E-state index >= 15 is 0 Å². The fraction of sp³-hybridized carbons (Fsp3) is 0.423. The van der Waals surface area contributed by atoms with Gasteiger partial charge in [0.1, 0.15) is 5.75 Å². The van der Waals surface area contributed by atoms with E-state index in [1.807, 2.05) is 46.2 Å². The van der Waals surface area contributed by atoms with Crippen LogP contribution in [0, 0.1) is 0 Å². The normalized spacial score (nSPS) is 16.3. The zero-order valence-electron chi connectivity index (χ0n) is 19.6. The average Bonchev–Trinajstić information content (AvgIpc) is 3.31. The van der Waals surface area contributed by atoms with E-state index in [1.165, 1.54) is 11.8 Å². The highest BCUT2D eigenvalue weighted by atomic mass is 32.2. The third-order valence-electron chi connectivity index (χ3n) is 6.34. The van der Waals surface area contributed by atoms with Crippen LogP contribution in [0.25, 0.3) is 0 Å². The van der Waals surface area contributed by atoms with Crippen LogP contribution in [0.2, 0.25) is 0 Å². The van der Waals surface area contributed by atoms with Gasteiger partial charge in [-0.05, 0) is 43.5 Å². The van der Waals surface area contributed by atoms with Gasteiger partial charge in [0.05, 0.1) is 24.0 Å². The lowest BCUT2D eigenvalue weighted by molar-refractivity contribution is -0.127. The molecule has 0 atom stereocenters. The molecule has 8 heteroatoms. The Morgan fingerprint density at radius 1 is 0.735 bits per heavy atom. The van der Waals surface area contributed by atoms with E-state index in [0.717, 1.165) is 30.8 Å². The monoisotopic (exact) mass is 481 g/mol. The maximum atomic E-state index is 13.4. The van der Waals surface area contributed by atoms with E-state index in [2.05, 4.69) is 0 Å². The van der Waals surface area contributed by atoms with E-state index in [-0.39, 0.29) is 17.7 Å². The molecule has 2 aliphatic heterocycles. The predicted octanol–water partition coefficient (Wildman–Crippen LogP) is 3.40. The highest BCUT2D eigenvalue weighted by Gasteiger charge is 2.26. The van der Waals surface area contributed by atoms with E-state index in [1.54, 1.807) is 24.1 Å². The predicted molar refractivity (Wildman–Crippen MR) is 132 cm³/mol. The number of carbonyl (C=O) groups is 3. The molecule has 2 saturated heterocycles. The standard InChI is InChI=1S/C26H31N3O4S/c1-33-22-11-4-2-9-20(22)25(31)28-15-8-16-29(18-17-28)26(32)21-10-3-5-12-23(21)34-19-24(30)27-13-6-7-14-27/h2-5,9-12H,6-8,13-19H2,1H3. The maximum absolute atomic E-state index is 13.4. The number of rotatable bonds is 6. The number of carbonyl (C=O) groups excluding carboxylic acids is 3.